The molecule has 4 rings (SSSR count). The first-order valence-electron chi connectivity index (χ1n) is 9.10. The summed E-state index contributed by atoms with van der Waals surface area (Å²) in [6.07, 6.45) is 3.52. The van der Waals surface area contributed by atoms with Gasteiger partial charge in [-0.05, 0) is 49.7 Å². The first-order chi connectivity index (χ1) is 14.0. The number of methoxy groups -OCH3 is 1. The smallest absolute Gasteiger partial charge is 0.227 e. The summed E-state index contributed by atoms with van der Waals surface area (Å²) >= 11 is 6.13. The zero-order chi connectivity index (χ0) is 20.4. The second-order valence-corrected chi connectivity index (χ2v) is 7.09. The van der Waals surface area contributed by atoms with Gasteiger partial charge in [0, 0.05) is 40.4 Å². The average Bonchev–Trinajstić information content (AvgIpc) is 3.16. The molecule has 29 heavy (non-hydrogen) atoms. The number of hydrogen-bond acceptors (Lipinski definition) is 5. The van der Waals surface area contributed by atoms with Gasteiger partial charge in [0.05, 0.1) is 18.4 Å². The highest BCUT2D eigenvalue weighted by molar-refractivity contribution is 6.31. The van der Waals surface area contributed by atoms with Gasteiger partial charge in [-0.2, -0.15) is 0 Å². The minimum atomic E-state index is 0.499. The van der Waals surface area contributed by atoms with Crippen LogP contribution in [0.4, 0.5) is 11.6 Å². The maximum Gasteiger partial charge on any atom is 0.227 e. The second kappa shape index (κ2) is 7.93. The van der Waals surface area contributed by atoms with E-state index in [-0.39, 0.29) is 0 Å². The number of nitrogens with zero attached hydrogens (tertiary/aromatic N) is 3. The number of halogens is 1. The van der Waals surface area contributed by atoms with Crippen LogP contribution in [0, 0.1) is 13.8 Å². The summed E-state index contributed by atoms with van der Waals surface area (Å²) < 4.78 is 5.55. The number of ether oxygens (including phenoxy) is 1. The van der Waals surface area contributed by atoms with Crippen molar-refractivity contribution >= 4 is 23.2 Å². The quantitative estimate of drug-likeness (QED) is 0.454. The van der Waals surface area contributed by atoms with E-state index in [1.165, 1.54) is 0 Å². The lowest BCUT2D eigenvalue weighted by Crippen LogP contribution is -1.99. The van der Waals surface area contributed by atoms with E-state index >= 15 is 0 Å². The van der Waals surface area contributed by atoms with E-state index in [9.17, 15) is 0 Å². The van der Waals surface area contributed by atoms with Crippen molar-refractivity contribution in [3.05, 3.63) is 71.1 Å². The zero-order valence-corrected chi connectivity index (χ0v) is 17.1. The van der Waals surface area contributed by atoms with E-state index < -0.39 is 0 Å². The minimum absolute atomic E-state index is 0.499. The fourth-order valence-electron chi connectivity index (χ4n) is 3.03. The lowest BCUT2D eigenvalue weighted by atomic mass is 10.1. The Morgan fingerprint density at radius 3 is 2.62 bits per heavy atom. The van der Waals surface area contributed by atoms with Gasteiger partial charge >= 0.3 is 0 Å². The predicted molar refractivity (Wildman–Crippen MR) is 116 cm³/mol. The summed E-state index contributed by atoms with van der Waals surface area (Å²) in [5.41, 5.74) is 5.50. The molecule has 4 aromatic rings. The number of aromatic amines is 1. The van der Waals surface area contributed by atoms with Crippen LogP contribution in [-0.4, -0.2) is 27.0 Å². The van der Waals surface area contributed by atoms with Crippen molar-refractivity contribution in [1.82, 2.24) is 19.9 Å². The maximum absolute atomic E-state index is 6.13. The molecule has 0 aliphatic rings. The summed E-state index contributed by atoms with van der Waals surface area (Å²) in [7, 11) is 1.64. The van der Waals surface area contributed by atoms with Crippen LogP contribution < -0.4 is 10.1 Å². The Bertz CT molecular complexity index is 1170. The molecule has 0 aliphatic carbocycles. The lowest BCUT2D eigenvalue weighted by molar-refractivity contribution is 0.416. The highest BCUT2D eigenvalue weighted by Gasteiger charge is 2.11. The van der Waals surface area contributed by atoms with Gasteiger partial charge in [-0.25, -0.2) is 15.0 Å². The number of benzene rings is 2. The normalized spacial score (nSPS) is 10.8. The van der Waals surface area contributed by atoms with Gasteiger partial charge in [0.25, 0.3) is 0 Å². The SMILES string of the molecule is COc1cc(Nc2nccc(-c3ccc(Cl)c(C)c3)n2)ccc1-c1ncc(C)[nH]1. The molecule has 2 heterocycles. The number of H-pyrrole nitrogens is 1. The highest BCUT2D eigenvalue weighted by Crippen LogP contribution is 2.32. The summed E-state index contributed by atoms with van der Waals surface area (Å²) in [6, 6.07) is 13.5. The molecule has 0 aliphatic heterocycles. The van der Waals surface area contributed by atoms with E-state index in [4.69, 9.17) is 16.3 Å². The van der Waals surface area contributed by atoms with Crippen molar-refractivity contribution in [2.45, 2.75) is 13.8 Å². The second-order valence-electron chi connectivity index (χ2n) is 6.68. The number of imidazole rings is 1. The van der Waals surface area contributed by atoms with E-state index in [1.807, 2.05) is 56.3 Å². The molecule has 7 heteroatoms. The number of rotatable bonds is 5. The molecule has 0 fully saturated rings. The lowest BCUT2D eigenvalue weighted by Gasteiger charge is -2.11. The fourth-order valence-corrected chi connectivity index (χ4v) is 3.14. The topological polar surface area (TPSA) is 75.7 Å². The molecule has 0 atom stereocenters. The third-order valence-electron chi connectivity index (χ3n) is 4.52. The van der Waals surface area contributed by atoms with Gasteiger partial charge in [-0.15, -0.1) is 0 Å². The van der Waals surface area contributed by atoms with Gasteiger partial charge in [-0.3, -0.25) is 0 Å². The Kier molecular flexibility index (Phi) is 5.18. The van der Waals surface area contributed by atoms with Gasteiger partial charge in [-0.1, -0.05) is 17.7 Å². The molecule has 6 nitrogen and oxygen atoms in total. The Morgan fingerprint density at radius 2 is 1.90 bits per heavy atom. The van der Waals surface area contributed by atoms with Crippen molar-refractivity contribution in [1.29, 1.82) is 0 Å². The van der Waals surface area contributed by atoms with E-state index in [2.05, 4.69) is 25.3 Å². The molecule has 0 radical (unpaired) electrons. The maximum atomic E-state index is 6.13. The Hall–Kier alpha value is -3.38. The number of nitrogens with one attached hydrogen (secondary N) is 2. The van der Waals surface area contributed by atoms with Crippen molar-refractivity contribution in [3.63, 3.8) is 0 Å². The third kappa shape index (κ3) is 4.07. The molecule has 2 N–H and O–H groups in total. The molecule has 0 saturated heterocycles. The van der Waals surface area contributed by atoms with E-state index in [0.717, 1.165) is 44.6 Å². The molecule has 0 amide bonds. The first-order valence-corrected chi connectivity index (χ1v) is 9.48. The average molecular weight is 406 g/mol. The van der Waals surface area contributed by atoms with Crippen LogP contribution in [0.3, 0.4) is 0 Å². The van der Waals surface area contributed by atoms with Crippen LogP contribution in [0.5, 0.6) is 5.75 Å². The van der Waals surface area contributed by atoms with Crippen LogP contribution in [0.2, 0.25) is 5.02 Å². The molecule has 0 unspecified atom stereocenters. The summed E-state index contributed by atoms with van der Waals surface area (Å²) in [4.78, 5) is 16.6. The summed E-state index contributed by atoms with van der Waals surface area (Å²) in [5, 5.41) is 3.98. The fraction of sp³-hybridized carbons (Fsp3) is 0.136. The van der Waals surface area contributed by atoms with Crippen LogP contribution in [0.1, 0.15) is 11.3 Å². The molecule has 2 aromatic heterocycles. The highest BCUT2D eigenvalue weighted by atomic mass is 35.5. The van der Waals surface area contributed by atoms with Crippen molar-refractivity contribution < 1.29 is 4.74 Å². The van der Waals surface area contributed by atoms with Crippen molar-refractivity contribution in [2.24, 2.45) is 0 Å². The standard InChI is InChI=1S/C22H20ClN5O/c1-13-10-15(4-7-18(13)23)19-8-9-24-22(28-19)27-16-5-6-17(20(11-16)29-3)21-25-12-14(2)26-21/h4-12H,1-3H3,(H,25,26)(H,24,27,28). The van der Waals surface area contributed by atoms with Crippen LogP contribution in [0.15, 0.2) is 54.9 Å². The van der Waals surface area contributed by atoms with Gasteiger partial charge in [0.15, 0.2) is 0 Å². The third-order valence-corrected chi connectivity index (χ3v) is 4.95. The molecule has 2 aromatic carbocycles. The van der Waals surface area contributed by atoms with Gasteiger partial charge in [0.1, 0.15) is 11.6 Å². The molecule has 0 spiro atoms. The Labute approximate surface area is 174 Å². The molecule has 0 saturated carbocycles. The molecular formula is C22H20ClN5O. The van der Waals surface area contributed by atoms with Crippen molar-refractivity contribution in [3.8, 4) is 28.4 Å². The van der Waals surface area contributed by atoms with E-state index in [0.29, 0.717) is 11.7 Å². The summed E-state index contributed by atoms with van der Waals surface area (Å²) in [6.45, 7) is 3.94. The van der Waals surface area contributed by atoms with Crippen LogP contribution in [-0.2, 0) is 0 Å². The van der Waals surface area contributed by atoms with Crippen LogP contribution in [0.25, 0.3) is 22.6 Å². The Balaban J connectivity index is 1.61. The zero-order valence-electron chi connectivity index (χ0n) is 16.3. The van der Waals surface area contributed by atoms with Gasteiger partial charge in [0.2, 0.25) is 5.95 Å². The largest absolute Gasteiger partial charge is 0.496 e. The number of hydrogen-bond donors (Lipinski definition) is 2. The number of aryl methyl sites for hydroxylation is 2. The van der Waals surface area contributed by atoms with E-state index in [1.54, 1.807) is 19.5 Å². The van der Waals surface area contributed by atoms with Crippen LogP contribution >= 0.6 is 11.6 Å². The molecule has 146 valence electrons. The monoisotopic (exact) mass is 405 g/mol. The minimum Gasteiger partial charge on any atom is -0.496 e. The first kappa shape index (κ1) is 19.0. The van der Waals surface area contributed by atoms with Gasteiger partial charge < -0.3 is 15.0 Å². The van der Waals surface area contributed by atoms with Crippen molar-refractivity contribution in [2.75, 3.05) is 12.4 Å². The predicted octanol–water partition coefficient (Wildman–Crippen LogP) is 5.56. The summed E-state index contributed by atoms with van der Waals surface area (Å²) in [5.74, 6) is 1.97. The molecular weight excluding hydrogens is 386 g/mol. The Morgan fingerprint density at radius 1 is 1.03 bits per heavy atom. The number of anilines is 2. The molecule has 0 bridgehead atoms. The number of aromatic nitrogens is 4.